The van der Waals surface area contributed by atoms with Gasteiger partial charge in [0.2, 0.25) is 5.89 Å². The summed E-state index contributed by atoms with van der Waals surface area (Å²) < 4.78 is 10.6. The number of rotatable bonds is 6. The van der Waals surface area contributed by atoms with Crippen LogP contribution in [0.25, 0.3) is 0 Å². The van der Waals surface area contributed by atoms with E-state index in [1.165, 1.54) is 4.90 Å². The molecule has 3 rings (SSSR count). The first kappa shape index (κ1) is 17.0. The Balaban J connectivity index is 1.65. The molecule has 0 fully saturated rings. The zero-order valence-electron chi connectivity index (χ0n) is 13.9. The summed E-state index contributed by atoms with van der Waals surface area (Å²) in [4.78, 5) is 13.4. The number of aromatic nitrogens is 2. The van der Waals surface area contributed by atoms with Crippen LogP contribution in [0.5, 0.6) is 5.75 Å². The molecule has 3 aromatic rings. The first-order valence-corrected chi connectivity index (χ1v) is 8.81. The van der Waals surface area contributed by atoms with Crippen molar-refractivity contribution in [3.63, 3.8) is 0 Å². The van der Waals surface area contributed by atoms with E-state index in [-0.39, 0.29) is 11.9 Å². The largest absolute Gasteiger partial charge is 0.497 e. The van der Waals surface area contributed by atoms with Gasteiger partial charge in [-0.3, -0.25) is 10.1 Å². The number of carbonyl (C=O) groups is 1. The number of hydrogen-bond donors (Lipinski definition) is 1. The van der Waals surface area contributed by atoms with Gasteiger partial charge in [-0.1, -0.05) is 23.3 Å². The third kappa shape index (κ3) is 4.39. The first-order valence-electron chi connectivity index (χ1n) is 7.58. The van der Waals surface area contributed by atoms with Gasteiger partial charge in [0.25, 0.3) is 5.91 Å². The van der Waals surface area contributed by atoms with Crippen LogP contribution in [0.4, 0.5) is 6.01 Å². The van der Waals surface area contributed by atoms with Crippen LogP contribution in [0.15, 0.2) is 57.8 Å². The Morgan fingerprint density at radius 3 is 2.72 bits per heavy atom. The standard InChI is InChI=1S/C18H17N3O3S/c1-23-14-5-3-4-13(11-14)17(22)19-18-21-20-16(24-18)10-12-6-8-15(25-2)9-7-12/h3-9,11H,10H2,1-2H3,(H,19,21,22). The maximum Gasteiger partial charge on any atom is 0.322 e. The van der Waals surface area contributed by atoms with Crippen LogP contribution >= 0.6 is 11.8 Å². The van der Waals surface area contributed by atoms with Gasteiger partial charge in [-0.05, 0) is 42.2 Å². The monoisotopic (exact) mass is 355 g/mol. The molecule has 0 aliphatic carbocycles. The van der Waals surface area contributed by atoms with Crippen molar-refractivity contribution < 1.29 is 13.9 Å². The quantitative estimate of drug-likeness (QED) is 0.680. The van der Waals surface area contributed by atoms with E-state index in [1.807, 2.05) is 30.5 Å². The summed E-state index contributed by atoms with van der Waals surface area (Å²) in [6, 6.07) is 15.0. The average Bonchev–Trinajstić information content (AvgIpc) is 3.09. The van der Waals surface area contributed by atoms with Gasteiger partial charge in [-0.2, -0.15) is 0 Å². The number of ether oxygens (including phenoxy) is 1. The van der Waals surface area contributed by atoms with Crippen molar-refractivity contribution in [2.75, 3.05) is 18.7 Å². The number of methoxy groups -OCH3 is 1. The highest BCUT2D eigenvalue weighted by atomic mass is 32.2. The van der Waals surface area contributed by atoms with Crippen molar-refractivity contribution >= 4 is 23.7 Å². The molecule has 7 heteroatoms. The van der Waals surface area contributed by atoms with Crippen molar-refractivity contribution in [3.05, 3.63) is 65.5 Å². The SMILES string of the molecule is COc1cccc(C(=O)Nc2nnc(Cc3ccc(SC)cc3)o2)c1. The predicted molar refractivity (Wildman–Crippen MR) is 96.3 cm³/mol. The van der Waals surface area contributed by atoms with Gasteiger partial charge >= 0.3 is 6.01 Å². The smallest absolute Gasteiger partial charge is 0.322 e. The fourth-order valence-electron chi connectivity index (χ4n) is 2.23. The molecule has 1 heterocycles. The number of thioether (sulfide) groups is 1. The van der Waals surface area contributed by atoms with Crippen LogP contribution in [0.1, 0.15) is 21.8 Å². The molecule has 1 aromatic heterocycles. The number of anilines is 1. The summed E-state index contributed by atoms with van der Waals surface area (Å²) >= 11 is 1.69. The summed E-state index contributed by atoms with van der Waals surface area (Å²) in [7, 11) is 1.55. The van der Waals surface area contributed by atoms with Gasteiger partial charge in [0.05, 0.1) is 13.5 Å². The van der Waals surface area contributed by atoms with Crippen LogP contribution in [-0.4, -0.2) is 29.5 Å². The van der Waals surface area contributed by atoms with E-state index >= 15 is 0 Å². The third-order valence-electron chi connectivity index (χ3n) is 3.53. The molecule has 0 aliphatic heterocycles. The second-order valence-electron chi connectivity index (χ2n) is 5.21. The molecule has 1 amide bonds. The van der Waals surface area contributed by atoms with E-state index < -0.39 is 0 Å². The number of benzene rings is 2. The highest BCUT2D eigenvalue weighted by molar-refractivity contribution is 7.98. The van der Waals surface area contributed by atoms with Crippen LogP contribution in [0.3, 0.4) is 0 Å². The number of hydrogen-bond acceptors (Lipinski definition) is 6. The van der Waals surface area contributed by atoms with Gasteiger partial charge in [0.15, 0.2) is 0 Å². The molecule has 0 atom stereocenters. The summed E-state index contributed by atoms with van der Waals surface area (Å²) in [5, 5.41) is 10.4. The highest BCUT2D eigenvalue weighted by Crippen LogP contribution is 2.18. The Kier molecular flexibility index (Phi) is 5.35. The molecule has 0 bridgehead atoms. The minimum absolute atomic E-state index is 0.0727. The van der Waals surface area contributed by atoms with Gasteiger partial charge in [0.1, 0.15) is 5.75 Å². The van der Waals surface area contributed by atoms with Gasteiger partial charge < -0.3 is 9.15 Å². The Morgan fingerprint density at radius 1 is 1.20 bits per heavy atom. The van der Waals surface area contributed by atoms with Crippen molar-refractivity contribution in [1.82, 2.24) is 10.2 Å². The molecule has 25 heavy (non-hydrogen) atoms. The number of carbonyl (C=O) groups excluding carboxylic acids is 1. The molecule has 0 unspecified atom stereocenters. The van der Waals surface area contributed by atoms with Crippen LogP contribution in [0.2, 0.25) is 0 Å². The maximum absolute atomic E-state index is 12.2. The van der Waals surface area contributed by atoms with Crippen molar-refractivity contribution in [2.45, 2.75) is 11.3 Å². The summed E-state index contributed by atoms with van der Waals surface area (Å²) in [6.07, 6.45) is 2.54. The Labute approximate surface area is 149 Å². The maximum atomic E-state index is 12.2. The summed E-state index contributed by atoms with van der Waals surface area (Å²) in [5.74, 6) is 0.712. The topological polar surface area (TPSA) is 77.2 Å². The molecule has 128 valence electrons. The Hall–Kier alpha value is -2.80. The number of nitrogens with zero attached hydrogens (tertiary/aromatic N) is 2. The average molecular weight is 355 g/mol. The van der Waals surface area contributed by atoms with E-state index in [4.69, 9.17) is 9.15 Å². The second-order valence-corrected chi connectivity index (χ2v) is 6.09. The van der Waals surface area contributed by atoms with E-state index in [2.05, 4.69) is 15.5 Å². The molecule has 0 radical (unpaired) electrons. The molecule has 2 aromatic carbocycles. The Bertz CT molecular complexity index is 862. The Morgan fingerprint density at radius 2 is 2.00 bits per heavy atom. The fraction of sp³-hybridized carbons (Fsp3) is 0.167. The molecule has 1 N–H and O–H groups in total. The first-order chi connectivity index (χ1) is 12.2. The number of amides is 1. The van der Waals surface area contributed by atoms with Gasteiger partial charge in [-0.25, -0.2) is 0 Å². The molecular formula is C18H17N3O3S. The lowest BCUT2D eigenvalue weighted by molar-refractivity contribution is 0.102. The van der Waals surface area contributed by atoms with Crippen LogP contribution < -0.4 is 10.1 Å². The number of nitrogens with one attached hydrogen (secondary N) is 1. The zero-order chi connectivity index (χ0) is 17.6. The highest BCUT2D eigenvalue weighted by Gasteiger charge is 2.12. The third-order valence-corrected chi connectivity index (χ3v) is 4.28. The zero-order valence-corrected chi connectivity index (χ0v) is 14.7. The molecule has 0 saturated heterocycles. The van der Waals surface area contributed by atoms with E-state index in [0.717, 1.165) is 5.56 Å². The van der Waals surface area contributed by atoms with E-state index in [9.17, 15) is 4.79 Å². The molecular weight excluding hydrogens is 338 g/mol. The summed E-state index contributed by atoms with van der Waals surface area (Å²) in [5.41, 5.74) is 1.51. The normalized spacial score (nSPS) is 10.5. The van der Waals surface area contributed by atoms with Crippen molar-refractivity contribution in [2.24, 2.45) is 0 Å². The lowest BCUT2D eigenvalue weighted by Gasteiger charge is -2.03. The van der Waals surface area contributed by atoms with Gasteiger partial charge in [-0.15, -0.1) is 16.9 Å². The van der Waals surface area contributed by atoms with Crippen molar-refractivity contribution in [1.29, 1.82) is 0 Å². The van der Waals surface area contributed by atoms with Crippen LogP contribution in [0, 0.1) is 0 Å². The predicted octanol–water partition coefficient (Wildman–Crippen LogP) is 3.64. The van der Waals surface area contributed by atoms with Crippen LogP contribution in [-0.2, 0) is 6.42 Å². The minimum atomic E-state index is -0.335. The van der Waals surface area contributed by atoms with E-state index in [1.54, 1.807) is 43.1 Å². The lowest BCUT2D eigenvalue weighted by atomic mass is 10.1. The second kappa shape index (κ2) is 7.85. The lowest BCUT2D eigenvalue weighted by Crippen LogP contribution is -2.12. The minimum Gasteiger partial charge on any atom is -0.497 e. The molecule has 0 aliphatic rings. The fourth-order valence-corrected chi connectivity index (χ4v) is 2.64. The van der Waals surface area contributed by atoms with E-state index in [0.29, 0.717) is 23.6 Å². The molecule has 0 saturated carbocycles. The van der Waals surface area contributed by atoms with Crippen molar-refractivity contribution in [3.8, 4) is 5.75 Å². The summed E-state index contributed by atoms with van der Waals surface area (Å²) in [6.45, 7) is 0. The van der Waals surface area contributed by atoms with Gasteiger partial charge in [0, 0.05) is 10.5 Å². The molecule has 6 nitrogen and oxygen atoms in total. The molecule has 0 spiro atoms.